The zero-order valence-electron chi connectivity index (χ0n) is 13.7. The molecule has 0 atom stereocenters. The molecular weight excluding hydrogens is 361 g/mol. The van der Waals surface area contributed by atoms with Crippen molar-refractivity contribution in [2.75, 3.05) is 31.1 Å². The van der Waals surface area contributed by atoms with E-state index in [-0.39, 0.29) is 30.7 Å². The van der Waals surface area contributed by atoms with Crippen molar-refractivity contribution in [3.8, 4) is 0 Å². The predicted octanol–water partition coefficient (Wildman–Crippen LogP) is 1.89. The number of nitrogens with one attached hydrogen (secondary N) is 1. The maximum absolute atomic E-state index is 12.7. The Bertz CT molecular complexity index is 720. The third-order valence-corrected chi connectivity index (χ3v) is 4.49. The monoisotopic (exact) mass is 381 g/mol. The van der Waals surface area contributed by atoms with Gasteiger partial charge in [0.05, 0.1) is 0 Å². The van der Waals surface area contributed by atoms with Crippen LogP contribution in [0.25, 0.3) is 0 Å². The average molecular weight is 382 g/mol. The third kappa shape index (κ3) is 4.03. The Kier molecular flexibility index (Phi) is 6.58. The zero-order chi connectivity index (χ0) is 15.6. The van der Waals surface area contributed by atoms with Crippen LogP contribution >= 0.6 is 24.8 Å². The van der Waals surface area contributed by atoms with Crippen LogP contribution in [0.15, 0.2) is 36.7 Å². The van der Waals surface area contributed by atoms with Crippen LogP contribution in [-0.2, 0) is 13.1 Å². The number of hydrogen-bond acceptors (Lipinski definition) is 5. The number of benzene rings is 1. The van der Waals surface area contributed by atoms with E-state index in [2.05, 4.69) is 26.3 Å². The Hall–Kier alpha value is -1.89. The molecule has 1 fully saturated rings. The highest BCUT2D eigenvalue weighted by atomic mass is 35.5. The molecule has 25 heavy (non-hydrogen) atoms. The maximum atomic E-state index is 12.7. The van der Waals surface area contributed by atoms with E-state index in [1.807, 2.05) is 23.1 Å². The summed E-state index contributed by atoms with van der Waals surface area (Å²) in [5.41, 5.74) is 3.33. The summed E-state index contributed by atoms with van der Waals surface area (Å²) in [6, 6.07) is 7.85. The van der Waals surface area contributed by atoms with Gasteiger partial charge in [-0.05, 0) is 29.3 Å². The van der Waals surface area contributed by atoms with Crippen molar-refractivity contribution in [2.45, 2.75) is 13.1 Å². The minimum Gasteiger partial charge on any atom is -0.337 e. The highest BCUT2D eigenvalue weighted by molar-refractivity contribution is 5.94. The summed E-state index contributed by atoms with van der Waals surface area (Å²) < 4.78 is 0. The molecule has 2 aliphatic rings. The van der Waals surface area contributed by atoms with E-state index in [1.54, 1.807) is 12.4 Å². The van der Waals surface area contributed by atoms with Crippen LogP contribution in [0.4, 0.5) is 5.95 Å². The SMILES string of the molecule is Cl.Cl.O=C(c1ccc2c(c1)CNC2)N1CCN(c2ncccn2)CC1. The van der Waals surface area contributed by atoms with Crippen LogP contribution in [0.2, 0.25) is 0 Å². The number of rotatable bonds is 2. The molecule has 6 nitrogen and oxygen atoms in total. The minimum absolute atomic E-state index is 0. The summed E-state index contributed by atoms with van der Waals surface area (Å²) >= 11 is 0. The molecule has 0 bridgehead atoms. The topological polar surface area (TPSA) is 61.4 Å². The number of fused-ring (bicyclic) bond motifs is 1. The van der Waals surface area contributed by atoms with E-state index in [0.717, 1.165) is 37.7 Å². The first-order valence-electron chi connectivity index (χ1n) is 7.95. The van der Waals surface area contributed by atoms with Gasteiger partial charge in [-0.2, -0.15) is 0 Å². The number of carbonyl (C=O) groups excluding carboxylic acids is 1. The summed E-state index contributed by atoms with van der Waals surface area (Å²) in [5.74, 6) is 0.858. The number of halogens is 2. The van der Waals surface area contributed by atoms with Gasteiger partial charge in [0.1, 0.15) is 0 Å². The average Bonchev–Trinajstić information content (AvgIpc) is 3.10. The lowest BCUT2D eigenvalue weighted by Crippen LogP contribution is -2.49. The first kappa shape index (κ1) is 19.4. The van der Waals surface area contributed by atoms with Crippen LogP contribution in [-0.4, -0.2) is 47.0 Å². The van der Waals surface area contributed by atoms with Gasteiger partial charge >= 0.3 is 0 Å². The van der Waals surface area contributed by atoms with Gasteiger partial charge in [0, 0.05) is 57.2 Å². The van der Waals surface area contributed by atoms with Crippen LogP contribution in [0.1, 0.15) is 21.5 Å². The number of nitrogens with zero attached hydrogens (tertiary/aromatic N) is 4. The van der Waals surface area contributed by atoms with Gasteiger partial charge in [0.15, 0.2) is 0 Å². The number of aromatic nitrogens is 2. The van der Waals surface area contributed by atoms with E-state index < -0.39 is 0 Å². The summed E-state index contributed by atoms with van der Waals surface area (Å²) in [6.45, 7) is 4.69. The number of amides is 1. The highest BCUT2D eigenvalue weighted by Gasteiger charge is 2.24. The Morgan fingerprint density at radius 1 is 0.960 bits per heavy atom. The Balaban J connectivity index is 0.00000113. The molecule has 0 spiro atoms. The first-order valence-corrected chi connectivity index (χ1v) is 7.95. The molecule has 1 amide bonds. The summed E-state index contributed by atoms with van der Waals surface area (Å²) in [5, 5.41) is 3.31. The lowest BCUT2D eigenvalue weighted by atomic mass is 10.1. The molecule has 0 saturated carbocycles. The predicted molar refractivity (Wildman–Crippen MR) is 102 cm³/mol. The van der Waals surface area contributed by atoms with Gasteiger partial charge in [-0.15, -0.1) is 24.8 Å². The van der Waals surface area contributed by atoms with Crippen molar-refractivity contribution >= 4 is 36.7 Å². The van der Waals surface area contributed by atoms with Gasteiger partial charge in [-0.25, -0.2) is 9.97 Å². The van der Waals surface area contributed by atoms with E-state index in [1.165, 1.54) is 11.1 Å². The molecule has 1 aromatic heterocycles. The maximum Gasteiger partial charge on any atom is 0.253 e. The van der Waals surface area contributed by atoms with Crippen LogP contribution in [0.3, 0.4) is 0 Å². The molecule has 3 heterocycles. The standard InChI is InChI=1S/C17H19N5O.2ClH/c23-16(13-2-3-14-11-18-12-15(14)10-13)21-6-8-22(9-7-21)17-19-4-1-5-20-17;;/h1-5,10,18H,6-9,11-12H2;2*1H. The normalized spacial score (nSPS) is 15.8. The largest absolute Gasteiger partial charge is 0.337 e. The fraction of sp³-hybridized carbons (Fsp3) is 0.353. The Morgan fingerprint density at radius 3 is 2.36 bits per heavy atom. The van der Waals surface area contributed by atoms with Crippen LogP contribution in [0, 0.1) is 0 Å². The first-order chi connectivity index (χ1) is 11.3. The second-order valence-corrected chi connectivity index (χ2v) is 5.92. The van der Waals surface area contributed by atoms with Crippen LogP contribution < -0.4 is 10.2 Å². The summed E-state index contributed by atoms with van der Waals surface area (Å²) in [7, 11) is 0. The van der Waals surface area contributed by atoms with Gasteiger partial charge in [0.2, 0.25) is 5.95 Å². The molecule has 2 aromatic rings. The van der Waals surface area contributed by atoms with Crippen LogP contribution in [0.5, 0.6) is 0 Å². The second-order valence-electron chi connectivity index (χ2n) is 5.92. The molecule has 1 N–H and O–H groups in total. The van der Waals surface area contributed by atoms with E-state index >= 15 is 0 Å². The highest BCUT2D eigenvalue weighted by Crippen LogP contribution is 2.19. The molecule has 1 aromatic carbocycles. The number of carbonyl (C=O) groups is 1. The lowest BCUT2D eigenvalue weighted by Gasteiger charge is -2.34. The lowest BCUT2D eigenvalue weighted by molar-refractivity contribution is 0.0746. The number of anilines is 1. The molecule has 2 aliphatic heterocycles. The van der Waals surface area contributed by atoms with Gasteiger partial charge in [-0.3, -0.25) is 4.79 Å². The molecule has 8 heteroatoms. The molecule has 1 saturated heterocycles. The molecule has 0 radical (unpaired) electrons. The summed E-state index contributed by atoms with van der Waals surface area (Å²) in [4.78, 5) is 25.3. The minimum atomic E-state index is 0. The fourth-order valence-corrected chi connectivity index (χ4v) is 3.17. The molecule has 0 aliphatic carbocycles. The van der Waals surface area contributed by atoms with E-state index in [4.69, 9.17) is 0 Å². The molecule has 0 unspecified atom stereocenters. The smallest absolute Gasteiger partial charge is 0.253 e. The zero-order valence-corrected chi connectivity index (χ0v) is 15.4. The fourth-order valence-electron chi connectivity index (χ4n) is 3.17. The quantitative estimate of drug-likeness (QED) is 0.860. The number of hydrogen-bond donors (Lipinski definition) is 1. The van der Waals surface area contributed by atoms with E-state index in [0.29, 0.717) is 13.1 Å². The van der Waals surface area contributed by atoms with Crippen molar-refractivity contribution in [3.63, 3.8) is 0 Å². The van der Waals surface area contributed by atoms with Gasteiger partial charge < -0.3 is 15.1 Å². The van der Waals surface area contributed by atoms with E-state index in [9.17, 15) is 4.79 Å². The van der Waals surface area contributed by atoms with Crippen molar-refractivity contribution in [1.29, 1.82) is 0 Å². The van der Waals surface area contributed by atoms with Crippen molar-refractivity contribution in [2.24, 2.45) is 0 Å². The van der Waals surface area contributed by atoms with Crippen molar-refractivity contribution in [1.82, 2.24) is 20.2 Å². The second kappa shape index (κ2) is 8.47. The Labute approximate surface area is 159 Å². The third-order valence-electron chi connectivity index (χ3n) is 4.49. The molecule has 4 rings (SSSR count). The summed E-state index contributed by atoms with van der Waals surface area (Å²) in [6.07, 6.45) is 3.50. The molecular formula is C17H21Cl2N5O. The Morgan fingerprint density at radius 2 is 1.64 bits per heavy atom. The van der Waals surface area contributed by atoms with Gasteiger partial charge in [-0.1, -0.05) is 6.07 Å². The van der Waals surface area contributed by atoms with Gasteiger partial charge in [0.25, 0.3) is 5.91 Å². The van der Waals surface area contributed by atoms with Crippen molar-refractivity contribution < 1.29 is 4.79 Å². The van der Waals surface area contributed by atoms with Crippen molar-refractivity contribution in [3.05, 3.63) is 53.3 Å². The number of piperazine rings is 1. The molecule has 134 valence electrons.